The molecular weight excluding hydrogens is 374 g/mol. The van der Waals surface area contributed by atoms with E-state index in [1.165, 1.54) is 31.4 Å². The Bertz CT molecular complexity index is 749. The van der Waals surface area contributed by atoms with Crippen LogP contribution in [0.3, 0.4) is 0 Å². The van der Waals surface area contributed by atoms with E-state index in [0.717, 1.165) is 63.9 Å². The van der Waals surface area contributed by atoms with E-state index in [9.17, 15) is 0 Å². The molecule has 0 radical (unpaired) electrons. The number of hydrogen-bond acceptors (Lipinski definition) is 5. The molecule has 2 aromatic rings. The van der Waals surface area contributed by atoms with Crippen LogP contribution >= 0.6 is 0 Å². The summed E-state index contributed by atoms with van der Waals surface area (Å²) in [6.07, 6.45) is 10.7. The number of carboxylic acid groups (broad SMARTS) is 2. The van der Waals surface area contributed by atoms with Crippen molar-refractivity contribution in [3.63, 3.8) is 0 Å². The summed E-state index contributed by atoms with van der Waals surface area (Å²) < 4.78 is 4.44. The van der Waals surface area contributed by atoms with Crippen molar-refractivity contribution in [2.45, 2.75) is 65.6 Å². The molecule has 9 heteroatoms. The van der Waals surface area contributed by atoms with Crippen molar-refractivity contribution < 1.29 is 19.8 Å². The van der Waals surface area contributed by atoms with Crippen molar-refractivity contribution in [1.82, 2.24) is 24.6 Å². The van der Waals surface area contributed by atoms with Gasteiger partial charge in [-0.25, -0.2) is 4.98 Å². The van der Waals surface area contributed by atoms with Gasteiger partial charge >= 0.3 is 0 Å². The topological polar surface area (TPSA) is 122 Å². The fourth-order valence-electron chi connectivity index (χ4n) is 3.63. The lowest BCUT2D eigenvalue weighted by Crippen LogP contribution is -2.11. The van der Waals surface area contributed by atoms with E-state index in [-0.39, 0.29) is 0 Å². The third-order valence-electron chi connectivity index (χ3n) is 4.77. The Morgan fingerprint density at radius 2 is 1.83 bits per heavy atom. The van der Waals surface area contributed by atoms with Crippen LogP contribution in [0.25, 0.3) is 11.5 Å². The van der Waals surface area contributed by atoms with E-state index < -0.39 is 11.9 Å². The van der Waals surface area contributed by atoms with Gasteiger partial charge in [0.05, 0.1) is 5.69 Å². The number of aliphatic carboxylic acids is 2. The molecule has 29 heavy (non-hydrogen) atoms. The molecule has 2 aliphatic rings. The van der Waals surface area contributed by atoms with Crippen LogP contribution < -0.4 is 5.32 Å². The number of carboxylic acids is 2. The number of nitrogens with zero attached hydrogens (tertiary/aromatic N) is 4. The number of rotatable bonds is 3. The molecule has 0 aromatic carbocycles. The van der Waals surface area contributed by atoms with E-state index in [1.54, 1.807) is 0 Å². The molecule has 1 fully saturated rings. The van der Waals surface area contributed by atoms with Crippen LogP contribution in [0.2, 0.25) is 0 Å². The molecule has 0 amide bonds. The van der Waals surface area contributed by atoms with Crippen LogP contribution in [-0.4, -0.2) is 48.0 Å². The molecule has 0 atom stereocenters. The van der Waals surface area contributed by atoms with E-state index in [4.69, 9.17) is 24.9 Å². The summed E-state index contributed by atoms with van der Waals surface area (Å²) in [5, 5.41) is 23.1. The van der Waals surface area contributed by atoms with Crippen molar-refractivity contribution >= 4 is 11.9 Å². The number of carbonyl (C=O) groups is 2. The van der Waals surface area contributed by atoms with Crippen LogP contribution in [0.1, 0.15) is 51.6 Å². The molecule has 2 aromatic heterocycles. The average molecular weight is 405 g/mol. The number of aromatic nitrogens is 4. The van der Waals surface area contributed by atoms with Gasteiger partial charge in [0, 0.05) is 45.9 Å². The van der Waals surface area contributed by atoms with Crippen molar-refractivity contribution in [3.8, 4) is 11.5 Å². The van der Waals surface area contributed by atoms with Gasteiger partial charge in [-0.3, -0.25) is 14.3 Å². The monoisotopic (exact) mass is 405 g/mol. The van der Waals surface area contributed by atoms with Crippen LogP contribution in [0.15, 0.2) is 18.5 Å². The van der Waals surface area contributed by atoms with Gasteiger partial charge < -0.3 is 20.1 Å². The highest BCUT2D eigenvalue weighted by Crippen LogP contribution is 2.28. The number of nitrogens with one attached hydrogen (secondary N) is 1. The van der Waals surface area contributed by atoms with Gasteiger partial charge in [-0.2, -0.15) is 5.10 Å². The van der Waals surface area contributed by atoms with Gasteiger partial charge in [0.2, 0.25) is 0 Å². The van der Waals surface area contributed by atoms with Gasteiger partial charge in [0.15, 0.2) is 5.82 Å². The fraction of sp³-hybridized carbons (Fsp3) is 0.600. The summed E-state index contributed by atoms with van der Waals surface area (Å²) in [6.45, 7) is 6.26. The summed E-state index contributed by atoms with van der Waals surface area (Å²) in [5.74, 6) is 0.183. The summed E-state index contributed by atoms with van der Waals surface area (Å²) in [6, 6.07) is 2.20. The summed E-state index contributed by atoms with van der Waals surface area (Å²) in [7, 11) is 0. The summed E-state index contributed by atoms with van der Waals surface area (Å²) in [5.41, 5.74) is 2.30. The number of fused-ring (bicyclic) bond motifs is 1. The number of hydrogen-bond donors (Lipinski definition) is 3. The van der Waals surface area contributed by atoms with Crippen LogP contribution in [0.4, 0.5) is 0 Å². The van der Waals surface area contributed by atoms with Crippen molar-refractivity contribution in [2.24, 2.45) is 5.92 Å². The highest BCUT2D eigenvalue weighted by atomic mass is 16.4. The first-order valence-electron chi connectivity index (χ1n) is 10.0. The smallest absolute Gasteiger partial charge is 0.300 e. The maximum absolute atomic E-state index is 9.00. The molecule has 1 saturated carbocycles. The van der Waals surface area contributed by atoms with Crippen LogP contribution in [0.5, 0.6) is 0 Å². The third-order valence-corrected chi connectivity index (χ3v) is 4.77. The Morgan fingerprint density at radius 1 is 1.17 bits per heavy atom. The minimum Gasteiger partial charge on any atom is -0.481 e. The normalized spacial score (nSPS) is 15.9. The molecule has 3 heterocycles. The molecule has 4 rings (SSSR count). The van der Waals surface area contributed by atoms with Crippen LogP contribution in [0, 0.1) is 5.92 Å². The first-order valence-corrected chi connectivity index (χ1v) is 10.0. The molecule has 3 N–H and O–H groups in total. The molecular formula is C20H31N5O4. The Hall–Kier alpha value is -2.68. The Balaban J connectivity index is 0.000000324. The molecule has 1 aliphatic carbocycles. The molecule has 0 bridgehead atoms. The lowest BCUT2D eigenvalue weighted by Gasteiger charge is -2.11. The van der Waals surface area contributed by atoms with Gasteiger partial charge in [-0.05, 0) is 37.8 Å². The highest BCUT2D eigenvalue weighted by Gasteiger charge is 2.19. The third kappa shape index (κ3) is 7.69. The van der Waals surface area contributed by atoms with E-state index in [2.05, 4.69) is 31.8 Å². The zero-order valence-corrected chi connectivity index (χ0v) is 17.2. The van der Waals surface area contributed by atoms with Crippen molar-refractivity contribution in [1.29, 1.82) is 0 Å². The predicted octanol–water partition coefficient (Wildman–Crippen LogP) is 2.61. The first-order chi connectivity index (χ1) is 13.9. The molecule has 0 unspecified atom stereocenters. The Labute approximate surface area is 170 Å². The second-order valence-electron chi connectivity index (χ2n) is 7.37. The summed E-state index contributed by atoms with van der Waals surface area (Å²) in [4.78, 5) is 22.6. The number of aryl methyl sites for hydroxylation is 1. The molecule has 0 saturated heterocycles. The minimum atomic E-state index is -0.833. The van der Waals surface area contributed by atoms with Crippen molar-refractivity contribution in [3.05, 3.63) is 24.2 Å². The lowest BCUT2D eigenvalue weighted by molar-refractivity contribution is -0.135. The van der Waals surface area contributed by atoms with E-state index >= 15 is 0 Å². The predicted molar refractivity (Wildman–Crippen MR) is 108 cm³/mol. The standard InChI is InChI=1S/C16H23N5.2C2H4O2/c1-2-5-13(4-1)12-20-9-7-18-16(20)15-10-14-11-17-6-3-8-21(14)19-15;2*1-2(3)4/h7,9-10,13,17H,1-6,8,11-12H2;2*1H3,(H,3,4). The zero-order chi connectivity index (χ0) is 21.2. The van der Waals surface area contributed by atoms with E-state index in [0.29, 0.717) is 0 Å². The lowest BCUT2D eigenvalue weighted by atomic mass is 10.1. The van der Waals surface area contributed by atoms with Gasteiger partial charge in [-0.1, -0.05) is 12.8 Å². The molecule has 1 aliphatic heterocycles. The molecule has 9 nitrogen and oxygen atoms in total. The zero-order valence-electron chi connectivity index (χ0n) is 17.2. The second kappa shape index (κ2) is 11.4. The fourth-order valence-corrected chi connectivity index (χ4v) is 3.63. The summed E-state index contributed by atoms with van der Waals surface area (Å²) >= 11 is 0. The Morgan fingerprint density at radius 3 is 2.48 bits per heavy atom. The van der Waals surface area contributed by atoms with E-state index in [1.807, 2.05) is 6.20 Å². The van der Waals surface area contributed by atoms with Gasteiger partial charge in [0.25, 0.3) is 11.9 Å². The molecule has 0 spiro atoms. The SMILES string of the molecule is CC(=O)O.CC(=O)O.c1cn(CC2CCCC2)c(-c2cc3n(n2)CCCNC3)n1. The second-order valence-corrected chi connectivity index (χ2v) is 7.37. The van der Waals surface area contributed by atoms with Crippen molar-refractivity contribution in [2.75, 3.05) is 6.54 Å². The van der Waals surface area contributed by atoms with Gasteiger partial charge in [0.1, 0.15) is 5.69 Å². The highest BCUT2D eigenvalue weighted by molar-refractivity contribution is 5.63. The number of imidazole rings is 1. The molecule has 160 valence electrons. The Kier molecular flexibility index (Phi) is 8.85. The maximum Gasteiger partial charge on any atom is 0.300 e. The maximum atomic E-state index is 9.00. The first kappa shape index (κ1) is 22.6. The van der Waals surface area contributed by atoms with Crippen LogP contribution in [-0.2, 0) is 29.2 Å². The largest absolute Gasteiger partial charge is 0.481 e. The quantitative estimate of drug-likeness (QED) is 0.717. The average Bonchev–Trinajstić information content (AvgIpc) is 3.34. The minimum absolute atomic E-state index is 0.819. The van der Waals surface area contributed by atoms with Gasteiger partial charge in [-0.15, -0.1) is 0 Å².